The van der Waals surface area contributed by atoms with Gasteiger partial charge in [-0.2, -0.15) is 0 Å². The maximum Gasteiger partial charge on any atom is -0.0225 e. The lowest BCUT2D eigenvalue weighted by atomic mass is 10.1. The molecule has 0 aliphatic rings. The Kier molecular flexibility index (Phi) is 6.82. The molecule has 0 bridgehead atoms. The molecule has 0 saturated heterocycles. The lowest BCUT2D eigenvalue weighted by molar-refractivity contribution is 1.27. The van der Waals surface area contributed by atoms with E-state index >= 15 is 0 Å². The van der Waals surface area contributed by atoms with E-state index in [0.29, 0.717) is 0 Å². The van der Waals surface area contributed by atoms with E-state index in [1.807, 2.05) is 13.8 Å². The summed E-state index contributed by atoms with van der Waals surface area (Å²) in [7, 11) is 0. The van der Waals surface area contributed by atoms with Gasteiger partial charge in [0.1, 0.15) is 0 Å². The van der Waals surface area contributed by atoms with Crippen molar-refractivity contribution < 1.29 is 0 Å². The quantitative estimate of drug-likeness (QED) is 0.638. The fourth-order valence-corrected chi connectivity index (χ4v) is 1.35. The minimum Gasteiger partial charge on any atom is -0.0798 e. The van der Waals surface area contributed by atoms with Crippen molar-refractivity contribution in [1.82, 2.24) is 0 Å². The lowest BCUT2D eigenvalue weighted by Gasteiger charge is -1.93. The van der Waals surface area contributed by atoms with Crippen molar-refractivity contribution in [1.29, 1.82) is 0 Å². The maximum absolute atomic E-state index is 2.27. The van der Waals surface area contributed by atoms with Crippen molar-refractivity contribution in [2.45, 2.75) is 41.0 Å². The van der Waals surface area contributed by atoms with Crippen molar-refractivity contribution >= 4 is 12.2 Å². The molecule has 0 nitrogen and oxygen atoms in total. The normalized spacial score (nSPS) is 12.4. The van der Waals surface area contributed by atoms with E-state index in [2.05, 4.69) is 51.1 Å². The lowest BCUT2D eigenvalue weighted by Crippen LogP contribution is -2.23. The first-order chi connectivity index (χ1) is 6.77. The molecule has 1 aromatic carbocycles. The topological polar surface area (TPSA) is 0 Å². The molecule has 0 spiro atoms. The largest absolute Gasteiger partial charge is 0.0798 e. The van der Waals surface area contributed by atoms with Crippen molar-refractivity contribution in [3.05, 3.63) is 34.2 Å². The van der Waals surface area contributed by atoms with Crippen molar-refractivity contribution in [3.63, 3.8) is 0 Å². The van der Waals surface area contributed by atoms with Crippen LogP contribution in [0.5, 0.6) is 0 Å². The summed E-state index contributed by atoms with van der Waals surface area (Å²) in [4.78, 5) is 0. The molecule has 0 heterocycles. The van der Waals surface area contributed by atoms with E-state index in [4.69, 9.17) is 0 Å². The van der Waals surface area contributed by atoms with Crippen LogP contribution in [0.15, 0.2) is 18.2 Å². The van der Waals surface area contributed by atoms with Crippen molar-refractivity contribution in [3.8, 4) is 0 Å². The van der Waals surface area contributed by atoms with Crippen LogP contribution in [0.2, 0.25) is 0 Å². The number of hydrogen-bond donors (Lipinski definition) is 0. The van der Waals surface area contributed by atoms with E-state index in [1.54, 1.807) is 0 Å². The van der Waals surface area contributed by atoms with Crippen molar-refractivity contribution in [2.75, 3.05) is 0 Å². The average molecular weight is 190 g/mol. The van der Waals surface area contributed by atoms with Gasteiger partial charge in [-0.15, -0.1) is 0 Å². The Labute approximate surface area is 88.0 Å². The van der Waals surface area contributed by atoms with Crippen LogP contribution in [0.1, 0.15) is 39.7 Å². The third-order valence-electron chi connectivity index (χ3n) is 1.98. The molecule has 0 saturated carbocycles. The predicted octanol–water partition coefficient (Wildman–Crippen LogP) is 3.01. The summed E-state index contributed by atoms with van der Waals surface area (Å²) < 4.78 is 0. The van der Waals surface area contributed by atoms with Gasteiger partial charge in [0.05, 0.1) is 0 Å². The number of benzene rings is 1. The first kappa shape index (κ1) is 13.0. The van der Waals surface area contributed by atoms with Gasteiger partial charge in [-0.1, -0.05) is 56.7 Å². The molecule has 0 heteroatoms. The molecule has 0 N–H and O–H groups in total. The Hall–Kier alpha value is -1.04. The number of rotatable bonds is 1. The highest BCUT2D eigenvalue weighted by atomic mass is 13.9. The van der Waals surface area contributed by atoms with Crippen LogP contribution in [0.25, 0.3) is 12.2 Å². The highest BCUT2D eigenvalue weighted by molar-refractivity contribution is 5.32. The molecule has 1 rings (SSSR count). The molecule has 14 heavy (non-hydrogen) atoms. The Balaban J connectivity index is 0.000000791. The summed E-state index contributed by atoms with van der Waals surface area (Å²) >= 11 is 0. The highest BCUT2D eigenvalue weighted by Gasteiger charge is 1.84. The van der Waals surface area contributed by atoms with Gasteiger partial charge >= 0.3 is 0 Å². The Morgan fingerprint density at radius 1 is 1.14 bits per heavy atom. The second kappa shape index (κ2) is 7.37. The number of aryl methyl sites for hydroxylation is 1. The molecule has 0 unspecified atom stereocenters. The zero-order valence-electron chi connectivity index (χ0n) is 10.1. The molecule has 0 amide bonds. The molecular formula is C14H22. The average Bonchev–Trinajstić information content (AvgIpc) is 2.22. The molecule has 0 aliphatic carbocycles. The molecule has 0 aromatic heterocycles. The summed E-state index contributed by atoms with van der Waals surface area (Å²) in [5.74, 6) is 0. The smallest absolute Gasteiger partial charge is 0.0225 e. The van der Waals surface area contributed by atoms with Gasteiger partial charge in [-0.3, -0.25) is 0 Å². The summed E-state index contributed by atoms with van der Waals surface area (Å²) in [5, 5.41) is 2.70. The van der Waals surface area contributed by atoms with Crippen LogP contribution in [-0.4, -0.2) is 0 Å². The Morgan fingerprint density at radius 3 is 2.29 bits per heavy atom. The monoisotopic (exact) mass is 190 g/mol. The highest BCUT2D eigenvalue weighted by Crippen LogP contribution is 1.87. The summed E-state index contributed by atoms with van der Waals surface area (Å²) in [5.41, 5.74) is 1.33. The SMILES string of the molecule is C/C=c1/ccc(C)c/c1=C/CC.CC. The standard InChI is InChI=1S/C12H16.C2H6/c1-4-6-12-9-10(3)7-8-11(12)5-2;1-2/h5-9H,4H2,1-3H3;1-2H3/b11-5-,12-6-;. The second-order valence-corrected chi connectivity index (χ2v) is 3.03. The Morgan fingerprint density at radius 2 is 1.79 bits per heavy atom. The zero-order valence-corrected chi connectivity index (χ0v) is 10.1. The molecule has 0 radical (unpaired) electrons. The molecular weight excluding hydrogens is 168 g/mol. The van der Waals surface area contributed by atoms with E-state index in [-0.39, 0.29) is 0 Å². The summed E-state index contributed by atoms with van der Waals surface area (Å²) in [6.45, 7) is 10.4. The predicted molar refractivity (Wildman–Crippen MR) is 66.7 cm³/mol. The minimum absolute atomic E-state index is 1.10. The number of hydrogen-bond acceptors (Lipinski definition) is 0. The zero-order chi connectivity index (χ0) is 11.0. The third-order valence-corrected chi connectivity index (χ3v) is 1.98. The van der Waals surface area contributed by atoms with E-state index < -0.39 is 0 Å². The van der Waals surface area contributed by atoms with E-state index in [9.17, 15) is 0 Å². The summed E-state index contributed by atoms with van der Waals surface area (Å²) in [6.07, 6.45) is 5.52. The first-order valence-corrected chi connectivity index (χ1v) is 5.51. The molecule has 0 fully saturated rings. The maximum atomic E-state index is 2.27. The Bertz CT molecular complexity index is 358. The van der Waals surface area contributed by atoms with E-state index in [1.165, 1.54) is 16.0 Å². The first-order valence-electron chi connectivity index (χ1n) is 5.51. The molecule has 1 aromatic rings. The van der Waals surface area contributed by atoms with Gasteiger partial charge in [-0.25, -0.2) is 0 Å². The van der Waals surface area contributed by atoms with Gasteiger partial charge in [0.2, 0.25) is 0 Å². The second-order valence-electron chi connectivity index (χ2n) is 3.03. The van der Waals surface area contributed by atoms with Gasteiger partial charge < -0.3 is 0 Å². The fourth-order valence-electron chi connectivity index (χ4n) is 1.35. The van der Waals surface area contributed by atoms with Crippen LogP contribution in [0.4, 0.5) is 0 Å². The van der Waals surface area contributed by atoms with Gasteiger partial charge in [-0.05, 0) is 30.7 Å². The fraction of sp³-hybridized carbons (Fsp3) is 0.429. The van der Waals surface area contributed by atoms with Crippen LogP contribution < -0.4 is 10.4 Å². The molecule has 0 aliphatic heterocycles. The van der Waals surface area contributed by atoms with Crippen LogP contribution in [0.3, 0.4) is 0 Å². The van der Waals surface area contributed by atoms with E-state index in [0.717, 1.165) is 6.42 Å². The van der Waals surface area contributed by atoms with Gasteiger partial charge in [0, 0.05) is 0 Å². The molecule has 0 atom stereocenters. The van der Waals surface area contributed by atoms with Crippen LogP contribution in [0, 0.1) is 6.92 Å². The van der Waals surface area contributed by atoms with Crippen LogP contribution >= 0.6 is 0 Å². The van der Waals surface area contributed by atoms with Crippen molar-refractivity contribution in [2.24, 2.45) is 0 Å². The molecule has 78 valence electrons. The van der Waals surface area contributed by atoms with Crippen LogP contribution in [-0.2, 0) is 0 Å². The third kappa shape index (κ3) is 3.78. The van der Waals surface area contributed by atoms with Gasteiger partial charge in [0.15, 0.2) is 0 Å². The van der Waals surface area contributed by atoms with Gasteiger partial charge in [0.25, 0.3) is 0 Å². The minimum atomic E-state index is 1.10. The summed E-state index contributed by atoms with van der Waals surface area (Å²) in [6, 6.07) is 6.57.